The van der Waals surface area contributed by atoms with Crippen LogP contribution in [0.25, 0.3) is 11.3 Å². The lowest BCUT2D eigenvalue weighted by Gasteiger charge is -2.36. The van der Waals surface area contributed by atoms with Gasteiger partial charge in [0.15, 0.2) is 11.5 Å². The molecule has 6 atom stereocenters. The van der Waals surface area contributed by atoms with Crippen molar-refractivity contribution in [3.05, 3.63) is 144 Å². The molecule has 0 bridgehead atoms. The number of nitrogens with one attached hydrogen (secondary N) is 4. The van der Waals surface area contributed by atoms with Crippen LogP contribution < -0.4 is 35.6 Å². The molecule has 1 saturated heterocycles. The number of methoxy groups -OCH3 is 2. The highest BCUT2D eigenvalue weighted by molar-refractivity contribution is 6.38. The van der Waals surface area contributed by atoms with Gasteiger partial charge >= 0.3 is 12.1 Å². The van der Waals surface area contributed by atoms with Gasteiger partial charge in [0.2, 0.25) is 17.6 Å². The van der Waals surface area contributed by atoms with E-state index in [1.165, 1.54) is 11.8 Å². The summed E-state index contributed by atoms with van der Waals surface area (Å²) in [6.45, 7) is 17.4. The first-order valence-electron chi connectivity index (χ1n) is 30.5. The number of alkyl carbamates (subject to hydrolysis) is 1. The van der Waals surface area contributed by atoms with Crippen molar-refractivity contribution in [3.8, 4) is 28.5 Å². The van der Waals surface area contributed by atoms with Crippen LogP contribution in [0.15, 0.2) is 121 Å². The number of nitrogens with zero attached hydrogens (tertiary/aromatic N) is 3. The number of hydrogen-bond acceptors (Lipinski definition) is 15. The number of rotatable bonds is 29. The van der Waals surface area contributed by atoms with Crippen molar-refractivity contribution >= 4 is 41.5 Å². The molecule has 0 unspecified atom stereocenters. The molecule has 480 valence electrons. The van der Waals surface area contributed by atoms with Crippen LogP contribution in [0.5, 0.6) is 17.2 Å². The van der Waals surface area contributed by atoms with Crippen LogP contribution in [0.4, 0.5) is 4.79 Å². The van der Waals surface area contributed by atoms with Crippen molar-refractivity contribution in [1.82, 2.24) is 36.3 Å². The second kappa shape index (κ2) is 32.2. The number of aryl methyl sites for hydroxylation is 1. The molecule has 2 heterocycles. The number of ketones is 1. The number of esters is 1. The lowest BCUT2D eigenvalue weighted by atomic mass is 9.84. The molecule has 0 aliphatic carbocycles. The van der Waals surface area contributed by atoms with Crippen LogP contribution in [-0.2, 0) is 57.6 Å². The number of carbonyl (C=O) groups excluding carboxylic acids is 7. The van der Waals surface area contributed by atoms with Crippen molar-refractivity contribution in [2.24, 2.45) is 16.2 Å². The summed E-state index contributed by atoms with van der Waals surface area (Å²) in [4.78, 5) is 102. The Morgan fingerprint density at radius 3 is 2.03 bits per heavy atom. The van der Waals surface area contributed by atoms with E-state index in [0.29, 0.717) is 61.3 Å². The zero-order valence-corrected chi connectivity index (χ0v) is 53.7. The molecule has 1 aliphatic heterocycles. The first-order chi connectivity index (χ1) is 42.2. The summed E-state index contributed by atoms with van der Waals surface area (Å²) in [5.74, 6) is -1.86. The standard InChI is InChI=1S/C69H91N7O13/c1-13-69(9,10)61(79)64(82)76-37-20-18-27-54(76)65(83)89-56(34-30-47-31-35-57(85-11)58(41-47)86-12)50-24-21-25-51(42-50)87-38-39-88-66(84)73-59(67(3,4)5)62(80)72-53(40-46-22-15-14-16-23-46)55(78)44-75(74-63(81)60(68(6,7)8)71-45(2)77)43-48-28-32-49(33-29-48)52-26-17-19-36-70-52/h14-17,19,21-26,28-29,31-33,35-36,41-42,53-56,59-60,78H,13,18,20,27,30,34,37-40,43-44H2,1-12H3,(H,71,77)(H,72,80)(H,73,84)(H,74,81)/t53-,54-,55-,56+,59+,60+/m0/s1. The number of carbonyl (C=O) groups is 7. The minimum Gasteiger partial charge on any atom is -0.493 e. The summed E-state index contributed by atoms with van der Waals surface area (Å²) < 4.78 is 29.0. The number of aromatic nitrogens is 1. The molecule has 6 rings (SSSR count). The maximum atomic E-state index is 14.6. The van der Waals surface area contributed by atoms with Gasteiger partial charge in [-0.25, -0.2) is 14.6 Å². The normalized spacial score (nSPS) is 15.3. The van der Waals surface area contributed by atoms with Gasteiger partial charge < -0.3 is 49.6 Å². The van der Waals surface area contributed by atoms with E-state index in [1.807, 2.05) is 113 Å². The van der Waals surface area contributed by atoms with E-state index in [0.717, 1.165) is 27.9 Å². The number of benzene rings is 4. The van der Waals surface area contributed by atoms with Gasteiger partial charge in [0.05, 0.1) is 32.1 Å². The molecule has 1 fully saturated rings. The second-order valence-corrected chi connectivity index (χ2v) is 25.4. The van der Waals surface area contributed by atoms with E-state index >= 15 is 0 Å². The predicted molar refractivity (Wildman–Crippen MR) is 338 cm³/mol. The average Bonchev–Trinajstić information content (AvgIpc) is 3.69. The molecule has 89 heavy (non-hydrogen) atoms. The van der Waals surface area contributed by atoms with Gasteiger partial charge in [-0.3, -0.25) is 34.4 Å². The molecule has 5 N–H and O–H groups in total. The van der Waals surface area contributed by atoms with E-state index in [1.54, 1.807) is 90.4 Å². The molecule has 0 saturated carbocycles. The van der Waals surface area contributed by atoms with Crippen LogP contribution in [0.1, 0.15) is 130 Å². The fourth-order valence-corrected chi connectivity index (χ4v) is 10.3. The zero-order chi connectivity index (χ0) is 65.1. The number of aliphatic hydroxyl groups is 1. The Kier molecular flexibility index (Phi) is 25.2. The molecule has 1 aliphatic rings. The zero-order valence-electron chi connectivity index (χ0n) is 53.7. The lowest BCUT2D eigenvalue weighted by molar-refractivity contribution is -0.164. The van der Waals surface area contributed by atoms with Crippen molar-refractivity contribution in [2.75, 3.05) is 40.5 Å². The molecule has 20 heteroatoms. The first-order valence-corrected chi connectivity index (χ1v) is 30.5. The molecule has 5 amide bonds. The van der Waals surface area contributed by atoms with Crippen LogP contribution >= 0.6 is 0 Å². The molecular formula is C69H91N7O13. The van der Waals surface area contributed by atoms with Crippen LogP contribution in [0.3, 0.4) is 0 Å². The SMILES string of the molecule is CCC(C)(C)C(=O)C(=O)N1CCCC[C@H]1C(=O)O[C@H](CCc1ccc(OC)c(OC)c1)c1cccc(OCCOC(=O)N[C@H](C(=O)N[C@@H](Cc2ccccc2)[C@@H](O)CN(Cc2ccc(-c3ccccn3)cc2)NC(=O)[C@@H](NC(C)=O)C(C)(C)C)C(C)(C)C)c1. The maximum Gasteiger partial charge on any atom is 0.407 e. The highest BCUT2D eigenvalue weighted by Crippen LogP contribution is 2.33. The lowest BCUT2D eigenvalue weighted by Crippen LogP contribution is -2.60. The van der Waals surface area contributed by atoms with Gasteiger partial charge in [0, 0.05) is 43.7 Å². The van der Waals surface area contributed by atoms with Gasteiger partial charge in [-0.05, 0) is 114 Å². The molecule has 0 radical (unpaired) electrons. The number of amides is 5. The van der Waals surface area contributed by atoms with E-state index in [4.69, 9.17) is 23.7 Å². The minimum absolute atomic E-state index is 0.102. The highest BCUT2D eigenvalue weighted by Gasteiger charge is 2.42. The van der Waals surface area contributed by atoms with Crippen molar-refractivity contribution in [1.29, 1.82) is 0 Å². The van der Waals surface area contributed by atoms with E-state index in [-0.39, 0.29) is 45.2 Å². The number of ether oxygens (including phenoxy) is 5. The molecule has 1 aromatic heterocycles. The number of piperidine rings is 1. The molecule has 0 spiro atoms. The Bertz CT molecular complexity index is 3170. The van der Waals surface area contributed by atoms with E-state index in [9.17, 15) is 38.7 Å². The Balaban J connectivity index is 1.15. The third-order valence-corrected chi connectivity index (χ3v) is 15.9. The van der Waals surface area contributed by atoms with Gasteiger partial charge in [-0.2, -0.15) is 0 Å². The Morgan fingerprint density at radius 1 is 0.719 bits per heavy atom. The number of pyridine rings is 1. The van der Waals surface area contributed by atoms with Crippen molar-refractivity contribution < 1.29 is 62.4 Å². The number of aliphatic hydroxyl groups excluding tert-OH is 1. The van der Waals surface area contributed by atoms with Crippen LogP contribution in [0, 0.1) is 16.2 Å². The smallest absolute Gasteiger partial charge is 0.407 e. The summed E-state index contributed by atoms with van der Waals surface area (Å²) in [7, 11) is 3.10. The van der Waals surface area contributed by atoms with Gasteiger partial charge in [-0.1, -0.05) is 141 Å². The summed E-state index contributed by atoms with van der Waals surface area (Å²) in [5, 5.41) is 22.4. The van der Waals surface area contributed by atoms with Crippen molar-refractivity contribution in [2.45, 2.75) is 157 Å². The second-order valence-electron chi connectivity index (χ2n) is 25.4. The third-order valence-electron chi connectivity index (χ3n) is 15.9. The maximum absolute atomic E-state index is 14.6. The monoisotopic (exact) mass is 1230 g/mol. The average molecular weight is 1230 g/mol. The fraction of sp³-hybridized carbons (Fsp3) is 0.478. The predicted octanol–water partition coefficient (Wildman–Crippen LogP) is 9.06. The Hall–Kier alpha value is -8.36. The van der Waals surface area contributed by atoms with Crippen molar-refractivity contribution in [3.63, 3.8) is 0 Å². The van der Waals surface area contributed by atoms with E-state index in [2.05, 4.69) is 26.4 Å². The summed E-state index contributed by atoms with van der Waals surface area (Å²) in [6, 6.07) is 31.1. The number of likely N-dealkylation sites (tertiary alicyclic amines) is 1. The summed E-state index contributed by atoms with van der Waals surface area (Å²) >= 11 is 0. The first kappa shape index (κ1) is 69.7. The summed E-state index contributed by atoms with van der Waals surface area (Å²) in [5.41, 5.74) is 5.24. The topological polar surface area (TPSA) is 253 Å². The van der Waals surface area contributed by atoms with Gasteiger partial charge in [0.1, 0.15) is 43.2 Å². The number of hydrogen-bond donors (Lipinski definition) is 5. The highest BCUT2D eigenvalue weighted by atomic mass is 16.6. The largest absolute Gasteiger partial charge is 0.493 e. The molecule has 5 aromatic rings. The number of Topliss-reactive ketones (excluding diaryl/α,β-unsaturated/α-hetero) is 1. The molecular weight excluding hydrogens is 1130 g/mol. The Labute approximate surface area is 524 Å². The molecule has 20 nitrogen and oxygen atoms in total. The molecule has 4 aromatic carbocycles. The fourth-order valence-electron chi connectivity index (χ4n) is 10.3. The minimum atomic E-state index is -1.31. The van der Waals surface area contributed by atoms with Crippen LogP contribution in [0.2, 0.25) is 0 Å². The van der Waals surface area contributed by atoms with Gasteiger partial charge in [-0.15, -0.1) is 0 Å². The third kappa shape index (κ3) is 20.6. The van der Waals surface area contributed by atoms with Gasteiger partial charge in [0.25, 0.3) is 11.8 Å². The summed E-state index contributed by atoms with van der Waals surface area (Å²) in [6.07, 6.45) is 1.76. The van der Waals surface area contributed by atoms with E-state index < -0.39 is 88.2 Å². The quantitative estimate of drug-likeness (QED) is 0.0130. The Morgan fingerprint density at radius 2 is 1.39 bits per heavy atom. The number of hydrazine groups is 1. The van der Waals surface area contributed by atoms with Crippen LogP contribution in [-0.4, -0.2) is 132 Å².